The van der Waals surface area contributed by atoms with Gasteiger partial charge < -0.3 is 5.32 Å². The Morgan fingerprint density at radius 3 is 2.40 bits per heavy atom. The largest absolute Gasteiger partial charge is 0.382 e. The van der Waals surface area contributed by atoms with Gasteiger partial charge in [-0.2, -0.15) is 0 Å². The standard InChI is InChI=1S/C18H20FN/c1-2-13-7-9-15(10-8-13)20-16-11-14(12-16)17-5-3-4-6-18(17)19/h3-10,14,16,20H,2,11-12H2,1H3. The van der Waals surface area contributed by atoms with Crippen molar-refractivity contribution in [1.82, 2.24) is 0 Å². The van der Waals surface area contributed by atoms with Crippen LogP contribution in [-0.4, -0.2) is 6.04 Å². The van der Waals surface area contributed by atoms with Crippen molar-refractivity contribution in [1.29, 1.82) is 0 Å². The summed E-state index contributed by atoms with van der Waals surface area (Å²) in [4.78, 5) is 0. The molecule has 0 saturated heterocycles. The molecule has 0 amide bonds. The first kappa shape index (κ1) is 13.2. The molecule has 0 bridgehead atoms. The molecule has 1 N–H and O–H groups in total. The molecule has 0 spiro atoms. The number of hydrogen-bond donors (Lipinski definition) is 1. The Balaban J connectivity index is 1.56. The molecule has 1 fully saturated rings. The Labute approximate surface area is 119 Å². The average Bonchev–Trinajstić information content (AvgIpc) is 2.44. The van der Waals surface area contributed by atoms with Crippen molar-refractivity contribution >= 4 is 5.69 Å². The number of rotatable bonds is 4. The van der Waals surface area contributed by atoms with Gasteiger partial charge in [0.05, 0.1) is 0 Å². The minimum atomic E-state index is -0.0664. The zero-order valence-electron chi connectivity index (χ0n) is 11.8. The van der Waals surface area contributed by atoms with Crippen LogP contribution < -0.4 is 5.32 Å². The van der Waals surface area contributed by atoms with Crippen molar-refractivity contribution in [2.75, 3.05) is 5.32 Å². The fourth-order valence-corrected chi connectivity index (χ4v) is 2.87. The van der Waals surface area contributed by atoms with Crippen molar-refractivity contribution in [2.45, 2.75) is 38.1 Å². The van der Waals surface area contributed by atoms with E-state index in [1.165, 1.54) is 11.3 Å². The lowest BCUT2D eigenvalue weighted by molar-refractivity contribution is 0.363. The van der Waals surface area contributed by atoms with Gasteiger partial charge in [-0.3, -0.25) is 0 Å². The average molecular weight is 269 g/mol. The lowest BCUT2D eigenvalue weighted by Gasteiger charge is -2.37. The van der Waals surface area contributed by atoms with Crippen molar-refractivity contribution < 1.29 is 4.39 Å². The highest BCUT2D eigenvalue weighted by molar-refractivity contribution is 5.46. The third-order valence-electron chi connectivity index (χ3n) is 4.22. The Bertz CT molecular complexity index is 570. The maximum absolute atomic E-state index is 13.7. The molecule has 0 radical (unpaired) electrons. The van der Waals surface area contributed by atoms with Crippen LogP contribution in [0.5, 0.6) is 0 Å². The van der Waals surface area contributed by atoms with E-state index in [9.17, 15) is 4.39 Å². The molecule has 2 heteroatoms. The van der Waals surface area contributed by atoms with Crippen LogP contribution in [0.25, 0.3) is 0 Å². The molecule has 20 heavy (non-hydrogen) atoms. The molecule has 2 aromatic carbocycles. The van der Waals surface area contributed by atoms with Gasteiger partial charge in [0.1, 0.15) is 5.82 Å². The molecule has 1 saturated carbocycles. The summed E-state index contributed by atoms with van der Waals surface area (Å²) in [6, 6.07) is 16.2. The van der Waals surface area contributed by atoms with Gasteiger partial charge in [0.15, 0.2) is 0 Å². The van der Waals surface area contributed by atoms with Gasteiger partial charge in [-0.15, -0.1) is 0 Å². The molecular formula is C18H20FN. The van der Waals surface area contributed by atoms with Crippen LogP contribution in [0.4, 0.5) is 10.1 Å². The van der Waals surface area contributed by atoms with Crippen LogP contribution >= 0.6 is 0 Å². The molecular weight excluding hydrogens is 249 g/mol. The number of aryl methyl sites for hydroxylation is 1. The van der Waals surface area contributed by atoms with Crippen LogP contribution in [0.15, 0.2) is 48.5 Å². The normalized spacial score (nSPS) is 21.3. The summed E-state index contributed by atoms with van der Waals surface area (Å²) in [5.74, 6) is 0.298. The zero-order chi connectivity index (χ0) is 13.9. The monoisotopic (exact) mass is 269 g/mol. The minimum Gasteiger partial charge on any atom is -0.382 e. The highest BCUT2D eigenvalue weighted by atomic mass is 19.1. The van der Waals surface area contributed by atoms with Crippen LogP contribution in [-0.2, 0) is 6.42 Å². The summed E-state index contributed by atoms with van der Waals surface area (Å²) in [5.41, 5.74) is 3.39. The second-order valence-electron chi connectivity index (χ2n) is 5.58. The van der Waals surface area contributed by atoms with Crippen molar-refractivity contribution in [3.8, 4) is 0 Å². The van der Waals surface area contributed by atoms with E-state index in [1.54, 1.807) is 12.1 Å². The van der Waals surface area contributed by atoms with E-state index in [4.69, 9.17) is 0 Å². The molecule has 0 atom stereocenters. The molecule has 2 aromatic rings. The molecule has 0 heterocycles. The fraction of sp³-hybridized carbons (Fsp3) is 0.333. The predicted molar refractivity (Wildman–Crippen MR) is 81.6 cm³/mol. The van der Waals surface area contributed by atoms with Gasteiger partial charge in [-0.05, 0) is 54.5 Å². The van der Waals surface area contributed by atoms with E-state index >= 15 is 0 Å². The zero-order valence-corrected chi connectivity index (χ0v) is 11.8. The SMILES string of the molecule is CCc1ccc(NC2CC(c3ccccc3F)C2)cc1. The third-order valence-corrected chi connectivity index (χ3v) is 4.22. The lowest BCUT2D eigenvalue weighted by Crippen LogP contribution is -2.34. The summed E-state index contributed by atoms with van der Waals surface area (Å²) in [6.45, 7) is 2.16. The van der Waals surface area contributed by atoms with Gasteiger partial charge in [0, 0.05) is 11.7 Å². The first-order valence-corrected chi connectivity index (χ1v) is 7.36. The van der Waals surface area contributed by atoms with Crippen LogP contribution in [0.3, 0.4) is 0 Å². The molecule has 0 aliphatic heterocycles. The second kappa shape index (κ2) is 5.66. The van der Waals surface area contributed by atoms with Gasteiger partial charge in [-0.1, -0.05) is 37.3 Å². The van der Waals surface area contributed by atoms with E-state index in [0.717, 1.165) is 24.8 Å². The van der Waals surface area contributed by atoms with E-state index in [-0.39, 0.29) is 5.82 Å². The van der Waals surface area contributed by atoms with Crippen LogP contribution in [0.2, 0.25) is 0 Å². The summed E-state index contributed by atoms with van der Waals surface area (Å²) in [7, 11) is 0. The molecule has 1 aliphatic rings. The Hall–Kier alpha value is -1.83. The molecule has 3 rings (SSSR count). The van der Waals surface area contributed by atoms with E-state index in [2.05, 4.69) is 36.5 Å². The van der Waals surface area contributed by atoms with Crippen molar-refractivity contribution in [3.63, 3.8) is 0 Å². The Morgan fingerprint density at radius 1 is 1.05 bits per heavy atom. The Morgan fingerprint density at radius 2 is 1.75 bits per heavy atom. The number of nitrogens with one attached hydrogen (secondary N) is 1. The molecule has 1 nitrogen and oxygen atoms in total. The van der Waals surface area contributed by atoms with E-state index in [0.29, 0.717) is 12.0 Å². The smallest absolute Gasteiger partial charge is 0.126 e. The van der Waals surface area contributed by atoms with Crippen LogP contribution in [0.1, 0.15) is 36.8 Å². The maximum Gasteiger partial charge on any atom is 0.126 e. The quantitative estimate of drug-likeness (QED) is 0.845. The van der Waals surface area contributed by atoms with Gasteiger partial charge in [0.25, 0.3) is 0 Å². The van der Waals surface area contributed by atoms with Crippen LogP contribution in [0, 0.1) is 5.82 Å². The fourth-order valence-electron chi connectivity index (χ4n) is 2.87. The van der Waals surface area contributed by atoms with Gasteiger partial charge >= 0.3 is 0 Å². The topological polar surface area (TPSA) is 12.0 Å². The number of hydrogen-bond acceptors (Lipinski definition) is 1. The molecule has 104 valence electrons. The number of benzene rings is 2. The van der Waals surface area contributed by atoms with E-state index in [1.807, 2.05) is 12.1 Å². The highest BCUT2D eigenvalue weighted by Gasteiger charge is 2.31. The highest BCUT2D eigenvalue weighted by Crippen LogP contribution is 2.39. The molecule has 0 unspecified atom stereocenters. The number of anilines is 1. The van der Waals surface area contributed by atoms with Crippen molar-refractivity contribution in [2.24, 2.45) is 0 Å². The summed E-state index contributed by atoms with van der Waals surface area (Å²) in [6.07, 6.45) is 3.09. The van der Waals surface area contributed by atoms with E-state index < -0.39 is 0 Å². The molecule has 0 aromatic heterocycles. The first-order chi connectivity index (χ1) is 9.76. The lowest BCUT2D eigenvalue weighted by atomic mass is 9.75. The Kier molecular flexibility index (Phi) is 3.72. The number of halogens is 1. The minimum absolute atomic E-state index is 0.0664. The molecule has 1 aliphatic carbocycles. The summed E-state index contributed by atoms with van der Waals surface area (Å²) >= 11 is 0. The summed E-state index contributed by atoms with van der Waals surface area (Å²) in [5, 5.41) is 3.53. The van der Waals surface area contributed by atoms with Gasteiger partial charge in [0.2, 0.25) is 0 Å². The first-order valence-electron chi connectivity index (χ1n) is 7.36. The van der Waals surface area contributed by atoms with Crippen molar-refractivity contribution in [3.05, 3.63) is 65.5 Å². The summed E-state index contributed by atoms with van der Waals surface area (Å²) < 4.78 is 13.7. The second-order valence-corrected chi connectivity index (χ2v) is 5.58. The third kappa shape index (κ3) is 2.69. The predicted octanol–water partition coefficient (Wildman–Crippen LogP) is 4.75. The van der Waals surface area contributed by atoms with Gasteiger partial charge in [-0.25, -0.2) is 4.39 Å². The maximum atomic E-state index is 13.7.